The van der Waals surface area contributed by atoms with Gasteiger partial charge in [0.15, 0.2) is 0 Å². The third-order valence-corrected chi connectivity index (χ3v) is 5.94. The van der Waals surface area contributed by atoms with Crippen LogP contribution in [-0.4, -0.2) is 53.6 Å². The molecule has 3 aliphatic rings. The van der Waals surface area contributed by atoms with Gasteiger partial charge in [-0.05, 0) is 55.9 Å². The normalized spacial score (nSPS) is 20.9. The lowest BCUT2D eigenvalue weighted by molar-refractivity contribution is -0.110. The molecule has 28 heavy (non-hydrogen) atoms. The second kappa shape index (κ2) is 7.53. The summed E-state index contributed by atoms with van der Waals surface area (Å²) in [4.78, 5) is 23.1. The molecule has 1 fully saturated rings. The number of carbonyl (C=O) groups excluding carboxylic acids is 1. The summed E-state index contributed by atoms with van der Waals surface area (Å²) in [7, 11) is 0. The van der Waals surface area contributed by atoms with E-state index in [0.29, 0.717) is 5.57 Å². The predicted octanol–water partition coefficient (Wildman–Crippen LogP) is 2.66. The average Bonchev–Trinajstić information content (AvgIpc) is 3.27. The maximum absolute atomic E-state index is 12.6. The number of nitrogens with zero attached hydrogens (tertiary/aromatic N) is 2. The van der Waals surface area contributed by atoms with E-state index >= 15 is 0 Å². The van der Waals surface area contributed by atoms with Crippen LogP contribution in [0.2, 0.25) is 0 Å². The fourth-order valence-corrected chi connectivity index (χ4v) is 4.33. The summed E-state index contributed by atoms with van der Waals surface area (Å²) in [5.74, 6) is 0.748. The van der Waals surface area contributed by atoms with Crippen molar-refractivity contribution in [2.45, 2.75) is 32.1 Å². The van der Waals surface area contributed by atoms with Gasteiger partial charge in [-0.2, -0.15) is 0 Å². The molecule has 0 atom stereocenters. The molecule has 2 N–H and O–H groups in total. The summed E-state index contributed by atoms with van der Waals surface area (Å²) in [6.07, 6.45) is 7.38. The number of carbonyl (C=O) groups is 1. The van der Waals surface area contributed by atoms with Crippen molar-refractivity contribution in [1.82, 2.24) is 14.9 Å². The lowest BCUT2D eigenvalue weighted by Crippen LogP contribution is -2.37. The third-order valence-electron chi connectivity index (χ3n) is 5.94. The molecule has 1 amide bonds. The van der Waals surface area contributed by atoms with Crippen molar-refractivity contribution >= 4 is 23.2 Å². The largest absolute Gasteiger partial charge is 0.379 e. The summed E-state index contributed by atoms with van der Waals surface area (Å²) in [6.45, 7) is 4.66. The number of aromatic nitrogens is 2. The molecule has 0 bridgehead atoms. The maximum Gasteiger partial charge on any atom is 0.256 e. The molecule has 1 aliphatic carbocycles. The van der Waals surface area contributed by atoms with Gasteiger partial charge in [0, 0.05) is 36.6 Å². The Hall–Kier alpha value is -2.44. The summed E-state index contributed by atoms with van der Waals surface area (Å²) >= 11 is 0. The van der Waals surface area contributed by atoms with E-state index in [9.17, 15) is 4.79 Å². The predicted molar refractivity (Wildman–Crippen MR) is 109 cm³/mol. The summed E-state index contributed by atoms with van der Waals surface area (Å²) in [5, 5.41) is 2.99. The molecule has 5 rings (SSSR count). The number of benzene rings is 1. The average molecular weight is 378 g/mol. The molecular weight excluding hydrogens is 352 g/mol. The number of nitrogens with one attached hydrogen (secondary N) is 2. The number of morpholine rings is 1. The number of ether oxygens (including phenoxy) is 1. The highest BCUT2D eigenvalue weighted by Crippen LogP contribution is 2.34. The first kappa shape index (κ1) is 17.6. The van der Waals surface area contributed by atoms with Gasteiger partial charge in [-0.3, -0.25) is 9.69 Å². The van der Waals surface area contributed by atoms with E-state index in [1.165, 1.54) is 24.1 Å². The maximum atomic E-state index is 12.6. The van der Waals surface area contributed by atoms with Crippen LogP contribution in [0.25, 0.3) is 11.6 Å². The molecule has 1 saturated heterocycles. The van der Waals surface area contributed by atoms with Gasteiger partial charge in [-0.1, -0.05) is 6.07 Å². The van der Waals surface area contributed by atoms with Gasteiger partial charge in [0.1, 0.15) is 5.82 Å². The molecule has 146 valence electrons. The van der Waals surface area contributed by atoms with Crippen molar-refractivity contribution in [1.29, 1.82) is 0 Å². The molecule has 0 spiro atoms. The lowest BCUT2D eigenvalue weighted by Gasteiger charge is -2.26. The minimum Gasteiger partial charge on any atom is -0.379 e. The van der Waals surface area contributed by atoms with Gasteiger partial charge in [-0.15, -0.1) is 0 Å². The van der Waals surface area contributed by atoms with Crippen LogP contribution >= 0.6 is 0 Å². The number of anilines is 1. The molecule has 0 unspecified atom stereocenters. The standard InChI is InChI=1S/C22H26N4O2/c27-22-17(14-21-23-19-3-1-2-4-20(19)24-21)16-13-15(5-6-18(16)25-22)7-8-26-9-11-28-12-10-26/h5-6,13-14H,1-4,7-12H2,(H,23,24)(H,25,27). The van der Waals surface area contributed by atoms with Gasteiger partial charge >= 0.3 is 0 Å². The van der Waals surface area contributed by atoms with E-state index in [1.807, 2.05) is 12.1 Å². The Kier molecular flexibility index (Phi) is 4.74. The summed E-state index contributed by atoms with van der Waals surface area (Å²) in [6, 6.07) is 6.30. The number of rotatable bonds is 4. The molecule has 0 radical (unpaired) electrons. The first-order chi connectivity index (χ1) is 13.8. The monoisotopic (exact) mass is 378 g/mol. The molecule has 3 heterocycles. The van der Waals surface area contributed by atoms with Crippen LogP contribution in [0.5, 0.6) is 0 Å². The minimum atomic E-state index is -0.0466. The lowest BCUT2D eigenvalue weighted by atomic mass is 10.0. The highest BCUT2D eigenvalue weighted by molar-refractivity contribution is 6.34. The number of amides is 1. The van der Waals surface area contributed by atoms with Crippen molar-refractivity contribution < 1.29 is 9.53 Å². The number of aromatic amines is 1. The molecule has 6 heteroatoms. The van der Waals surface area contributed by atoms with E-state index in [2.05, 4.69) is 27.3 Å². The number of fused-ring (bicyclic) bond motifs is 2. The molecular formula is C22H26N4O2. The van der Waals surface area contributed by atoms with Gasteiger partial charge in [0.25, 0.3) is 5.91 Å². The van der Waals surface area contributed by atoms with Crippen molar-refractivity contribution in [3.8, 4) is 0 Å². The summed E-state index contributed by atoms with van der Waals surface area (Å²) in [5.41, 5.74) is 6.23. The van der Waals surface area contributed by atoms with Crippen LogP contribution in [0, 0.1) is 0 Å². The van der Waals surface area contributed by atoms with Crippen LogP contribution in [0.3, 0.4) is 0 Å². The number of imidazole rings is 1. The van der Waals surface area contributed by atoms with Crippen LogP contribution in [0.15, 0.2) is 18.2 Å². The van der Waals surface area contributed by atoms with Crippen LogP contribution in [0.4, 0.5) is 5.69 Å². The van der Waals surface area contributed by atoms with Crippen molar-refractivity contribution in [2.75, 3.05) is 38.2 Å². The Morgan fingerprint density at radius 2 is 2.04 bits per heavy atom. The first-order valence-corrected chi connectivity index (χ1v) is 10.3. The van der Waals surface area contributed by atoms with E-state index in [1.54, 1.807) is 0 Å². The number of hydrogen-bond donors (Lipinski definition) is 2. The smallest absolute Gasteiger partial charge is 0.256 e. The van der Waals surface area contributed by atoms with Crippen molar-refractivity contribution in [2.24, 2.45) is 0 Å². The van der Waals surface area contributed by atoms with Gasteiger partial charge in [0.2, 0.25) is 0 Å². The molecule has 1 aromatic carbocycles. The highest BCUT2D eigenvalue weighted by Gasteiger charge is 2.25. The Morgan fingerprint density at radius 3 is 2.89 bits per heavy atom. The van der Waals surface area contributed by atoms with E-state index < -0.39 is 0 Å². The SMILES string of the molecule is O=C1Nc2ccc(CCN3CCOCC3)cc2C1=Cc1nc2c([nH]1)CCCC2. The summed E-state index contributed by atoms with van der Waals surface area (Å²) < 4.78 is 5.42. The van der Waals surface area contributed by atoms with E-state index in [-0.39, 0.29) is 5.91 Å². The van der Waals surface area contributed by atoms with Crippen molar-refractivity contribution in [3.05, 3.63) is 46.5 Å². The molecule has 1 aromatic heterocycles. The number of H-pyrrole nitrogens is 1. The Morgan fingerprint density at radius 1 is 1.18 bits per heavy atom. The van der Waals surface area contributed by atoms with Crippen LogP contribution in [-0.2, 0) is 28.8 Å². The fourth-order valence-electron chi connectivity index (χ4n) is 4.33. The van der Waals surface area contributed by atoms with Crippen LogP contribution < -0.4 is 5.32 Å². The zero-order valence-corrected chi connectivity index (χ0v) is 16.1. The molecule has 2 aliphatic heterocycles. The molecule has 6 nitrogen and oxygen atoms in total. The molecule has 0 saturated carbocycles. The van der Waals surface area contributed by atoms with Gasteiger partial charge in [0.05, 0.1) is 24.5 Å². The Labute approximate surface area is 165 Å². The highest BCUT2D eigenvalue weighted by atomic mass is 16.5. The molecule has 2 aromatic rings. The first-order valence-electron chi connectivity index (χ1n) is 10.3. The Balaban J connectivity index is 1.37. The van der Waals surface area contributed by atoms with Gasteiger partial charge < -0.3 is 15.0 Å². The van der Waals surface area contributed by atoms with Crippen molar-refractivity contribution in [3.63, 3.8) is 0 Å². The quantitative estimate of drug-likeness (QED) is 0.803. The minimum absolute atomic E-state index is 0.0466. The number of hydrogen-bond acceptors (Lipinski definition) is 4. The number of aryl methyl sites for hydroxylation is 2. The van der Waals surface area contributed by atoms with Gasteiger partial charge in [-0.25, -0.2) is 4.98 Å². The zero-order valence-electron chi connectivity index (χ0n) is 16.1. The fraction of sp³-hybridized carbons (Fsp3) is 0.455. The van der Waals surface area contributed by atoms with Crippen LogP contribution in [0.1, 0.15) is 41.2 Å². The van der Waals surface area contributed by atoms with E-state index in [0.717, 1.165) is 74.9 Å². The second-order valence-electron chi connectivity index (χ2n) is 7.85. The third kappa shape index (κ3) is 3.50. The Bertz CT molecular complexity index is 901. The zero-order chi connectivity index (χ0) is 18.9. The second-order valence-corrected chi connectivity index (χ2v) is 7.85. The topological polar surface area (TPSA) is 70.2 Å². The van der Waals surface area contributed by atoms with E-state index in [4.69, 9.17) is 9.72 Å².